The highest BCUT2D eigenvalue weighted by Crippen LogP contribution is 2.63. The van der Waals surface area contributed by atoms with Gasteiger partial charge in [-0.3, -0.25) is 24.4 Å². The summed E-state index contributed by atoms with van der Waals surface area (Å²) in [5, 5.41) is 20.5. The smallest absolute Gasteiger partial charge is 0.257 e. The minimum absolute atomic E-state index is 0.0839. The highest BCUT2D eigenvalue weighted by atomic mass is 19.1. The van der Waals surface area contributed by atoms with Crippen LogP contribution in [0.15, 0.2) is 96.6 Å². The molecule has 0 radical (unpaired) electrons. The Balaban J connectivity index is 1.53. The number of Topliss-reactive ketones (excluding diaryl/α,β-unsaturated/α-hetero) is 1. The molecule has 42 heavy (non-hydrogen) atoms. The van der Waals surface area contributed by atoms with Crippen molar-refractivity contribution in [2.75, 3.05) is 0 Å². The number of halogens is 1. The SMILES string of the molecule is O=C1C(c2ccccc2)=CC(=O)C2(c3ccccc3)C1CC1C(=CCC3C(=O)N(O)C(=O)C31)C2c1ccc(O)c(F)c1. The summed E-state index contributed by atoms with van der Waals surface area (Å²) in [5.74, 6) is -7.71. The molecule has 1 aliphatic heterocycles. The number of phenols is 1. The number of hydrogen-bond donors (Lipinski definition) is 2. The summed E-state index contributed by atoms with van der Waals surface area (Å²) in [6.07, 6.45) is 3.44. The van der Waals surface area contributed by atoms with Crippen LogP contribution in [0.2, 0.25) is 0 Å². The van der Waals surface area contributed by atoms with Crippen LogP contribution >= 0.6 is 0 Å². The monoisotopic (exact) mass is 563 g/mol. The molecule has 2 fully saturated rings. The molecule has 4 aliphatic rings. The Morgan fingerprint density at radius 3 is 2.24 bits per heavy atom. The van der Waals surface area contributed by atoms with Crippen molar-refractivity contribution < 1.29 is 33.9 Å². The third-order valence-electron chi connectivity index (χ3n) is 9.66. The molecule has 0 aromatic heterocycles. The van der Waals surface area contributed by atoms with Gasteiger partial charge in [0, 0.05) is 17.4 Å². The van der Waals surface area contributed by atoms with E-state index < -0.39 is 58.4 Å². The number of fused-ring (bicyclic) bond motifs is 4. The zero-order chi connectivity index (χ0) is 29.3. The number of carbonyl (C=O) groups is 4. The third kappa shape index (κ3) is 3.48. The lowest BCUT2D eigenvalue weighted by molar-refractivity contribution is -0.173. The second-order valence-electron chi connectivity index (χ2n) is 11.5. The van der Waals surface area contributed by atoms with Gasteiger partial charge in [-0.15, -0.1) is 0 Å². The first kappa shape index (κ1) is 26.2. The Hall–Kier alpha value is -4.69. The number of hydrogen-bond acceptors (Lipinski definition) is 6. The second-order valence-corrected chi connectivity index (χ2v) is 11.5. The van der Waals surface area contributed by atoms with Crippen molar-refractivity contribution in [2.45, 2.75) is 24.2 Å². The van der Waals surface area contributed by atoms with Crippen molar-refractivity contribution in [3.63, 3.8) is 0 Å². The Bertz CT molecular complexity index is 1730. The van der Waals surface area contributed by atoms with Crippen LogP contribution in [0.3, 0.4) is 0 Å². The van der Waals surface area contributed by atoms with E-state index in [0.717, 1.165) is 0 Å². The van der Waals surface area contributed by atoms with Gasteiger partial charge in [-0.1, -0.05) is 78.4 Å². The Kier molecular flexibility index (Phi) is 5.88. The highest BCUT2D eigenvalue weighted by molar-refractivity contribution is 6.31. The van der Waals surface area contributed by atoms with E-state index in [0.29, 0.717) is 22.3 Å². The van der Waals surface area contributed by atoms with Crippen LogP contribution in [0.25, 0.3) is 5.57 Å². The number of phenolic OH excluding ortho intramolecular Hbond substituents is 1. The molecule has 0 spiro atoms. The number of rotatable bonds is 3. The Morgan fingerprint density at radius 2 is 1.55 bits per heavy atom. The largest absolute Gasteiger partial charge is 0.505 e. The molecular formula is C34H26FNO6. The zero-order valence-electron chi connectivity index (χ0n) is 22.3. The van der Waals surface area contributed by atoms with Crippen LogP contribution in [0, 0.1) is 29.5 Å². The highest BCUT2D eigenvalue weighted by Gasteiger charge is 2.65. The van der Waals surface area contributed by atoms with Crippen LogP contribution in [-0.4, -0.2) is 38.8 Å². The van der Waals surface area contributed by atoms with Gasteiger partial charge in [0.15, 0.2) is 23.1 Å². The second kappa shape index (κ2) is 9.42. The summed E-state index contributed by atoms with van der Waals surface area (Å²) >= 11 is 0. The maximum atomic E-state index is 15.0. The summed E-state index contributed by atoms with van der Waals surface area (Å²) in [6.45, 7) is 0. The van der Waals surface area contributed by atoms with Crippen LogP contribution < -0.4 is 0 Å². The minimum atomic E-state index is -1.49. The average Bonchev–Trinajstić information content (AvgIpc) is 3.23. The predicted molar refractivity (Wildman–Crippen MR) is 148 cm³/mol. The van der Waals surface area contributed by atoms with Crippen molar-refractivity contribution in [2.24, 2.45) is 23.7 Å². The minimum Gasteiger partial charge on any atom is -0.505 e. The van der Waals surface area contributed by atoms with Crippen LogP contribution in [0.5, 0.6) is 5.75 Å². The van der Waals surface area contributed by atoms with E-state index in [2.05, 4.69) is 0 Å². The summed E-state index contributed by atoms with van der Waals surface area (Å²) in [4.78, 5) is 55.4. The molecule has 210 valence electrons. The van der Waals surface area contributed by atoms with Gasteiger partial charge in [-0.25, -0.2) is 4.39 Å². The molecule has 3 aromatic carbocycles. The van der Waals surface area contributed by atoms with Gasteiger partial charge in [-0.05, 0) is 53.7 Å². The Labute approximate surface area is 240 Å². The van der Waals surface area contributed by atoms with Gasteiger partial charge in [0.2, 0.25) is 0 Å². The van der Waals surface area contributed by atoms with E-state index >= 15 is 0 Å². The average molecular weight is 564 g/mol. The van der Waals surface area contributed by atoms with E-state index in [-0.39, 0.29) is 35.0 Å². The van der Waals surface area contributed by atoms with Gasteiger partial charge in [-0.2, -0.15) is 5.06 Å². The van der Waals surface area contributed by atoms with Gasteiger partial charge in [0.05, 0.1) is 17.3 Å². The van der Waals surface area contributed by atoms with E-state index in [1.807, 2.05) is 12.1 Å². The zero-order valence-corrected chi connectivity index (χ0v) is 22.3. The van der Waals surface area contributed by atoms with Crippen LogP contribution in [-0.2, 0) is 24.6 Å². The molecule has 3 aliphatic carbocycles. The molecule has 3 aromatic rings. The molecule has 8 heteroatoms. The molecule has 1 saturated carbocycles. The molecule has 0 bridgehead atoms. The number of allylic oxidation sites excluding steroid dienone is 4. The van der Waals surface area contributed by atoms with Crippen molar-refractivity contribution in [1.29, 1.82) is 0 Å². The number of aromatic hydroxyl groups is 1. The molecule has 2 amide bonds. The number of imide groups is 1. The quantitative estimate of drug-likeness (QED) is 0.270. The molecule has 7 rings (SSSR count). The van der Waals surface area contributed by atoms with Gasteiger partial charge in [0.1, 0.15) is 0 Å². The first-order valence-corrected chi connectivity index (χ1v) is 13.9. The molecule has 1 heterocycles. The van der Waals surface area contributed by atoms with Crippen molar-refractivity contribution in [1.82, 2.24) is 5.06 Å². The standard InChI is InChI=1S/C34H26FNO6/c35-26-15-19(11-14-27(26)37)30-21-12-13-22-29(33(41)36(42)32(22)40)24(21)16-25-31(39)23(18-7-3-1-4-8-18)17-28(38)34(25,30)20-9-5-2-6-10-20/h1-12,14-15,17,22,24-25,29-30,37,42H,13,16H2. The van der Waals surface area contributed by atoms with E-state index in [1.54, 1.807) is 54.6 Å². The number of carbonyl (C=O) groups excluding carboxylic acids is 4. The molecule has 7 nitrogen and oxygen atoms in total. The summed E-state index contributed by atoms with van der Waals surface area (Å²) < 4.78 is 15.0. The van der Waals surface area contributed by atoms with Gasteiger partial charge >= 0.3 is 0 Å². The van der Waals surface area contributed by atoms with Crippen molar-refractivity contribution >= 4 is 29.0 Å². The predicted octanol–water partition coefficient (Wildman–Crippen LogP) is 4.74. The van der Waals surface area contributed by atoms with E-state index in [9.17, 15) is 33.9 Å². The number of amides is 2. The molecule has 1 saturated heterocycles. The normalized spacial score (nSPS) is 30.3. The fourth-order valence-corrected chi connectivity index (χ4v) is 7.94. The molecule has 2 N–H and O–H groups in total. The first-order valence-electron chi connectivity index (χ1n) is 13.9. The fourth-order valence-electron chi connectivity index (χ4n) is 7.94. The van der Waals surface area contributed by atoms with Gasteiger partial charge in [0.25, 0.3) is 11.8 Å². The molecule has 6 unspecified atom stereocenters. The summed E-state index contributed by atoms with van der Waals surface area (Å²) in [6, 6.07) is 21.8. The molecule has 6 atom stereocenters. The van der Waals surface area contributed by atoms with E-state index in [4.69, 9.17) is 0 Å². The number of ketones is 2. The van der Waals surface area contributed by atoms with E-state index in [1.165, 1.54) is 24.3 Å². The fraction of sp³-hybridized carbons (Fsp3) is 0.235. The molecular weight excluding hydrogens is 537 g/mol. The summed E-state index contributed by atoms with van der Waals surface area (Å²) in [7, 11) is 0. The first-order chi connectivity index (χ1) is 20.2. The maximum absolute atomic E-state index is 15.0. The summed E-state index contributed by atoms with van der Waals surface area (Å²) in [5.41, 5.74) is 0.944. The maximum Gasteiger partial charge on any atom is 0.257 e. The lowest BCUT2D eigenvalue weighted by atomic mass is 9.44. The number of hydroxylamine groups is 2. The number of benzene rings is 3. The number of nitrogens with zero attached hydrogens (tertiary/aromatic N) is 1. The van der Waals surface area contributed by atoms with Crippen LogP contribution in [0.1, 0.15) is 35.4 Å². The Morgan fingerprint density at radius 1 is 0.857 bits per heavy atom. The van der Waals surface area contributed by atoms with Crippen molar-refractivity contribution in [3.8, 4) is 5.75 Å². The topological polar surface area (TPSA) is 112 Å². The lowest BCUT2D eigenvalue weighted by Gasteiger charge is -2.55. The van der Waals surface area contributed by atoms with Crippen molar-refractivity contribution in [3.05, 3.63) is 119 Å². The lowest BCUT2D eigenvalue weighted by Crippen LogP contribution is -2.58. The third-order valence-corrected chi connectivity index (χ3v) is 9.66. The van der Waals surface area contributed by atoms with Crippen LogP contribution in [0.4, 0.5) is 4.39 Å². The van der Waals surface area contributed by atoms with Gasteiger partial charge < -0.3 is 5.11 Å².